The first kappa shape index (κ1) is 17.4. The fourth-order valence-electron chi connectivity index (χ4n) is 3.01. The fraction of sp³-hybridized carbons (Fsp3) is 0.333. The van der Waals surface area contributed by atoms with Gasteiger partial charge in [0, 0.05) is 24.8 Å². The topological polar surface area (TPSA) is 83.3 Å². The summed E-state index contributed by atoms with van der Waals surface area (Å²) in [5.41, 5.74) is 1.74. The van der Waals surface area contributed by atoms with E-state index in [1.54, 1.807) is 40.8 Å². The van der Waals surface area contributed by atoms with E-state index in [0.29, 0.717) is 24.2 Å². The van der Waals surface area contributed by atoms with Crippen LogP contribution in [0.25, 0.3) is 11.1 Å². The molecule has 3 rings (SSSR count). The number of sulfonamides is 1. The van der Waals surface area contributed by atoms with Crippen LogP contribution >= 0.6 is 0 Å². The summed E-state index contributed by atoms with van der Waals surface area (Å²) in [4.78, 5) is 4.30. The van der Waals surface area contributed by atoms with Gasteiger partial charge in [-0.25, -0.2) is 13.4 Å². The molecule has 7 heteroatoms. The summed E-state index contributed by atoms with van der Waals surface area (Å²) in [6.07, 6.45) is 4.44. The summed E-state index contributed by atoms with van der Waals surface area (Å²) in [6, 6.07) is 10.4. The third-order valence-corrected chi connectivity index (χ3v) is 6.25. The molecule has 1 saturated heterocycles. The maximum absolute atomic E-state index is 12.7. The summed E-state index contributed by atoms with van der Waals surface area (Å²) in [7, 11) is -2.00. The Balaban J connectivity index is 1.95. The van der Waals surface area contributed by atoms with Gasteiger partial charge >= 0.3 is 0 Å². The van der Waals surface area contributed by atoms with Crippen molar-refractivity contribution >= 4 is 10.0 Å². The first-order chi connectivity index (χ1) is 12.1. The Bertz CT molecular complexity index is 896. The quantitative estimate of drug-likeness (QED) is 0.840. The number of nitriles is 1. The van der Waals surface area contributed by atoms with Crippen LogP contribution in [0.2, 0.25) is 0 Å². The number of benzene rings is 1. The third kappa shape index (κ3) is 3.36. The Hall–Kier alpha value is -2.43. The Kier molecular flexibility index (Phi) is 5.02. The van der Waals surface area contributed by atoms with Crippen molar-refractivity contribution in [3.63, 3.8) is 0 Å². The molecule has 2 aromatic rings. The predicted octanol–water partition coefficient (Wildman–Crippen LogP) is 2.80. The molecule has 0 bridgehead atoms. The molecule has 6 nitrogen and oxygen atoms in total. The molecule has 130 valence electrons. The highest BCUT2D eigenvalue weighted by atomic mass is 32.2. The molecule has 1 aliphatic heterocycles. The molecule has 0 N–H and O–H groups in total. The molecule has 25 heavy (non-hydrogen) atoms. The molecule has 2 heterocycles. The van der Waals surface area contributed by atoms with Crippen LogP contribution in [0.15, 0.2) is 41.4 Å². The van der Waals surface area contributed by atoms with Gasteiger partial charge in [-0.2, -0.15) is 9.57 Å². The van der Waals surface area contributed by atoms with Gasteiger partial charge in [-0.05, 0) is 36.6 Å². The van der Waals surface area contributed by atoms with Crippen molar-refractivity contribution in [3.05, 3.63) is 42.1 Å². The zero-order valence-corrected chi connectivity index (χ0v) is 14.8. The van der Waals surface area contributed by atoms with Crippen molar-refractivity contribution in [1.29, 1.82) is 5.26 Å². The van der Waals surface area contributed by atoms with E-state index in [1.807, 2.05) is 0 Å². The summed E-state index contributed by atoms with van der Waals surface area (Å²) in [5, 5.41) is 9.37. The number of aromatic nitrogens is 1. The lowest BCUT2D eigenvalue weighted by molar-refractivity contribution is 0.346. The van der Waals surface area contributed by atoms with Gasteiger partial charge in [-0.15, -0.1) is 0 Å². The molecule has 0 radical (unpaired) electrons. The largest absolute Gasteiger partial charge is 0.480 e. The van der Waals surface area contributed by atoms with Crippen molar-refractivity contribution in [2.75, 3.05) is 20.2 Å². The van der Waals surface area contributed by atoms with E-state index >= 15 is 0 Å². The van der Waals surface area contributed by atoms with Gasteiger partial charge in [0.15, 0.2) is 0 Å². The molecule has 0 unspecified atom stereocenters. The van der Waals surface area contributed by atoms with Gasteiger partial charge in [0.05, 0.1) is 12.0 Å². The molecule has 1 aliphatic rings. The number of ether oxygens (including phenoxy) is 1. The second-order valence-electron chi connectivity index (χ2n) is 5.84. The highest BCUT2D eigenvalue weighted by Crippen LogP contribution is 2.29. The van der Waals surface area contributed by atoms with Crippen LogP contribution in [0.4, 0.5) is 0 Å². The molecule has 0 atom stereocenters. The molecule has 0 spiro atoms. The average Bonchev–Trinajstić information content (AvgIpc) is 2.68. The van der Waals surface area contributed by atoms with Gasteiger partial charge in [0.2, 0.25) is 15.9 Å². The molecular weight excluding hydrogens is 338 g/mol. The van der Waals surface area contributed by atoms with Crippen LogP contribution in [-0.2, 0) is 10.0 Å². The van der Waals surface area contributed by atoms with Crippen molar-refractivity contribution in [2.45, 2.75) is 24.2 Å². The molecule has 1 fully saturated rings. The maximum Gasteiger partial charge on any atom is 0.243 e. The van der Waals surface area contributed by atoms with Gasteiger partial charge in [-0.3, -0.25) is 0 Å². The molecule has 1 aromatic carbocycles. The summed E-state index contributed by atoms with van der Waals surface area (Å²) in [6.45, 7) is 1.15. The maximum atomic E-state index is 12.7. The van der Waals surface area contributed by atoms with Crippen LogP contribution in [-0.4, -0.2) is 37.9 Å². The minimum atomic E-state index is -3.46. The lowest BCUT2D eigenvalue weighted by Crippen LogP contribution is -2.35. The summed E-state index contributed by atoms with van der Waals surface area (Å²) >= 11 is 0. The smallest absolute Gasteiger partial charge is 0.243 e. The Morgan fingerprint density at radius 3 is 2.40 bits per heavy atom. The van der Waals surface area contributed by atoms with E-state index in [0.717, 1.165) is 24.8 Å². The fourth-order valence-corrected chi connectivity index (χ4v) is 4.52. The van der Waals surface area contributed by atoms with Gasteiger partial charge in [0.25, 0.3) is 0 Å². The third-order valence-electron chi connectivity index (χ3n) is 4.34. The first-order valence-corrected chi connectivity index (χ1v) is 9.55. The number of methoxy groups -OCH3 is 1. The molecule has 0 aliphatic carbocycles. The number of nitrogens with zero attached hydrogens (tertiary/aromatic N) is 3. The normalized spacial score (nSPS) is 15.5. The van der Waals surface area contributed by atoms with E-state index in [1.165, 1.54) is 7.11 Å². The predicted molar refractivity (Wildman–Crippen MR) is 93.5 cm³/mol. The minimum absolute atomic E-state index is 0.255. The first-order valence-electron chi connectivity index (χ1n) is 8.11. The van der Waals surface area contributed by atoms with Crippen LogP contribution < -0.4 is 4.74 Å². The van der Waals surface area contributed by atoms with E-state index < -0.39 is 10.0 Å². The van der Waals surface area contributed by atoms with Crippen LogP contribution in [0.5, 0.6) is 5.88 Å². The number of pyridine rings is 1. The van der Waals surface area contributed by atoms with Crippen molar-refractivity contribution in [3.8, 4) is 23.1 Å². The Labute approximate surface area is 147 Å². The van der Waals surface area contributed by atoms with Crippen molar-refractivity contribution < 1.29 is 13.2 Å². The molecule has 1 aromatic heterocycles. The second-order valence-corrected chi connectivity index (χ2v) is 7.78. The van der Waals surface area contributed by atoms with Crippen molar-refractivity contribution in [2.24, 2.45) is 0 Å². The van der Waals surface area contributed by atoms with Gasteiger partial charge in [-0.1, -0.05) is 18.6 Å². The van der Waals surface area contributed by atoms with E-state index in [2.05, 4.69) is 11.1 Å². The Morgan fingerprint density at radius 1 is 1.12 bits per heavy atom. The van der Waals surface area contributed by atoms with Crippen molar-refractivity contribution in [1.82, 2.24) is 9.29 Å². The van der Waals surface area contributed by atoms with Gasteiger partial charge < -0.3 is 4.74 Å². The molecular formula is C18H19N3O3S. The number of piperidine rings is 1. The Morgan fingerprint density at radius 2 is 1.80 bits per heavy atom. The van der Waals surface area contributed by atoms with Crippen LogP contribution in [0.1, 0.15) is 24.8 Å². The lowest BCUT2D eigenvalue weighted by Gasteiger charge is -2.25. The monoisotopic (exact) mass is 357 g/mol. The molecule has 0 amide bonds. The zero-order valence-electron chi connectivity index (χ0n) is 14.0. The molecule has 0 saturated carbocycles. The second kappa shape index (κ2) is 7.21. The van der Waals surface area contributed by atoms with Gasteiger partial charge in [0.1, 0.15) is 11.6 Å². The van der Waals surface area contributed by atoms with E-state index in [4.69, 9.17) is 4.74 Å². The summed E-state index contributed by atoms with van der Waals surface area (Å²) in [5.74, 6) is 0.255. The highest BCUT2D eigenvalue weighted by Gasteiger charge is 2.25. The van der Waals surface area contributed by atoms with Crippen LogP contribution in [0.3, 0.4) is 0 Å². The zero-order chi connectivity index (χ0) is 17.9. The summed E-state index contributed by atoms with van der Waals surface area (Å²) < 4.78 is 32.1. The average molecular weight is 357 g/mol. The lowest BCUT2D eigenvalue weighted by atomic mass is 10.0. The number of hydrogen-bond acceptors (Lipinski definition) is 5. The minimum Gasteiger partial charge on any atom is -0.480 e. The van der Waals surface area contributed by atoms with E-state index in [9.17, 15) is 13.7 Å². The standard InChI is InChI=1S/C18H19N3O3S/c1-24-18-17(13-19)16(9-10-20-18)14-5-7-15(8-6-14)25(22,23)21-11-3-2-4-12-21/h5-10H,2-4,11-12H2,1H3. The highest BCUT2D eigenvalue weighted by molar-refractivity contribution is 7.89. The number of rotatable bonds is 4. The van der Waals surface area contributed by atoms with Crippen LogP contribution in [0, 0.1) is 11.3 Å². The SMILES string of the molecule is COc1nccc(-c2ccc(S(=O)(=O)N3CCCCC3)cc2)c1C#N. The van der Waals surface area contributed by atoms with E-state index in [-0.39, 0.29) is 10.8 Å². The number of hydrogen-bond donors (Lipinski definition) is 0.